The number of nitrogens with one attached hydrogen (secondary N) is 2. The van der Waals surface area contributed by atoms with Gasteiger partial charge in [-0.1, -0.05) is 30.3 Å². The molecular formula is C16H17F3N4S. The van der Waals surface area contributed by atoms with Gasteiger partial charge < -0.3 is 10.6 Å². The van der Waals surface area contributed by atoms with Crippen LogP contribution in [-0.4, -0.2) is 24.0 Å². The normalized spacial score (nSPS) is 20.8. The summed E-state index contributed by atoms with van der Waals surface area (Å²) >= 11 is 0.984. The van der Waals surface area contributed by atoms with Gasteiger partial charge >= 0.3 is 6.18 Å². The first-order chi connectivity index (χ1) is 11.5. The lowest BCUT2D eigenvalue weighted by molar-refractivity contribution is -0.140. The fraction of sp³-hybridized carbons (Fsp3) is 0.375. The second kappa shape index (κ2) is 6.80. The molecule has 0 radical (unpaired) electrons. The molecule has 0 amide bonds. The van der Waals surface area contributed by atoms with Crippen LogP contribution in [0.15, 0.2) is 40.7 Å². The molecule has 0 bridgehead atoms. The zero-order valence-electron chi connectivity index (χ0n) is 13.0. The number of benzene rings is 1. The van der Waals surface area contributed by atoms with Gasteiger partial charge in [0.05, 0.1) is 6.54 Å². The van der Waals surface area contributed by atoms with E-state index in [0.717, 1.165) is 23.1 Å². The van der Waals surface area contributed by atoms with Crippen molar-refractivity contribution < 1.29 is 13.2 Å². The van der Waals surface area contributed by atoms with Gasteiger partial charge in [-0.05, 0) is 12.0 Å². The van der Waals surface area contributed by atoms with E-state index in [-0.39, 0.29) is 6.54 Å². The lowest BCUT2D eigenvalue weighted by atomic mass is 10.1. The van der Waals surface area contributed by atoms with Crippen molar-refractivity contribution >= 4 is 17.3 Å². The van der Waals surface area contributed by atoms with Crippen molar-refractivity contribution in [1.82, 2.24) is 15.6 Å². The van der Waals surface area contributed by atoms with Crippen LogP contribution in [-0.2, 0) is 12.7 Å². The zero-order valence-corrected chi connectivity index (χ0v) is 13.8. The molecule has 1 aromatic heterocycles. The van der Waals surface area contributed by atoms with E-state index in [1.165, 1.54) is 5.56 Å². The largest absolute Gasteiger partial charge is 0.434 e. The summed E-state index contributed by atoms with van der Waals surface area (Å²) in [4.78, 5) is 7.71. The summed E-state index contributed by atoms with van der Waals surface area (Å²) in [6, 6.07) is 10.5. The predicted octanol–water partition coefficient (Wildman–Crippen LogP) is 3.38. The lowest BCUT2D eigenvalue weighted by Crippen LogP contribution is -2.38. The van der Waals surface area contributed by atoms with E-state index in [0.29, 0.717) is 22.9 Å². The molecule has 3 rings (SSSR count). The Hall–Kier alpha value is -2.09. The number of alkyl halides is 3. The summed E-state index contributed by atoms with van der Waals surface area (Å²) in [7, 11) is 1.64. The van der Waals surface area contributed by atoms with Gasteiger partial charge in [-0.25, -0.2) is 4.98 Å². The van der Waals surface area contributed by atoms with Crippen molar-refractivity contribution in [3.05, 3.63) is 52.0 Å². The molecule has 0 saturated heterocycles. The van der Waals surface area contributed by atoms with Gasteiger partial charge in [0, 0.05) is 24.4 Å². The van der Waals surface area contributed by atoms with Crippen LogP contribution in [0.2, 0.25) is 0 Å². The molecule has 2 aromatic rings. The van der Waals surface area contributed by atoms with Gasteiger partial charge in [0.15, 0.2) is 11.7 Å². The topological polar surface area (TPSA) is 49.3 Å². The Morgan fingerprint density at radius 1 is 1.33 bits per heavy atom. The van der Waals surface area contributed by atoms with Gasteiger partial charge in [-0.2, -0.15) is 13.2 Å². The van der Waals surface area contributed by atoms with Gasteiger partial charge in [-0.15, -0.1) is 11.3 Å². The van der Waals surface area contributed by atoms with Crippen LogP contribution in [0.25, 0.3) is 0 Å². The van der Waals surface area contributed by atoms with E-state index in [4.69, 9.17) is 0 Å². The monoisotopic (exact) mass is 354 g/mol. The molecule has 2 N–H and O–H groups in total. The molecule has 1 saturated carbocycles. The number of hydrogen-bond donors (Lipinski definition) is 2. The van der Waals surface area contributed by atoms with E-state index in [1.54, 1.807) is 7.05 Å². The Balaban J connectivity index is 1.51. The minimum Gasteiger partial charge on any atom is -0.353 e. The maximum atomic E-state index is 12.5. The van der Waals surface area contributed by atoms with Gasteiger partial charge in [0.25, 0.3) is 0 Å². The summed E-state index contributed by atoms with van der Waals surface area (Å²) < 4.78 is 37.6. The number of hydrogen-bond acceptors (Lipinski definition) is 3. The van der Waals surface area contributed by atoms with Crippen LogP contribution in [0.5, 0.6) is 0 Å². The Morgan fingerprint density at radius 2 is 2.08 bits per heavy atom. The molecule has 8 heteroatoms. The van der Waals surface area contributed by atoms with Crippen molar-refractivity contribution in [1.29, 1.82) is 0 Å². The number of nitrogens with zero attached hydrogens (tertiary/aromatic N) is 2. The summed E-state index contributed by atoms with van der Waals surface area (Å²) in [6.45, 7) is 0.211. The number of aromatic nitrogens is 1. The van der Waals surface area contributed by atoms with E-state index >= 15 is 0 Å². The van der Waals surface area contributed by atoms with E-state index in [1.807, 2.05) is 18.2 Å². The maximum Gasteiger partial charge on any atom is 0.434 e. The third-order valence-corrected chi connectivity index (χ3v) is 4.66. The van der Waals surface area contributed by atoms with E-state index < -0.39 is 11.9 Å². The number of thiazole rings is 1. The lowest BCUT2D eigenvalue weighted by Gasteiger charge is -2.11. The highest BCUT2D eigenvalue weighted by molar-refractivity contribution is 7.09. The van der Waals surface area contributed by atoms with Crippen LogP contribution in [0.1, 0.15) is 28.6 Å². The number of aliphatic imine (C=N–C) groups is 1. The molecular weight excluding hydrogens is 337 g/mol. The SMILES string of the molecule is CN=C(NCc1nc(C(F)(F)F)cs1)NC1CC1c1ccccc1. The molecule has 0 aliphatic heterocycles. The molecule has 1 heterocycles. The molecule has 24 heavy (non-hydrogen) atoms. The molecule has 1 fully saturated rings. The van der Waals surface area contributed by atoms with E-state index in [2.05, 4.69) is 32.7 Å². The van der Waals surface area contributed by atoms with Crippen LogP contribution in [0.4, 0.5) is 13.2 Å². The fourth-order valence-corrected chi connectivity index (χ4v) is 3.22. The third kappa shape index (κ3) is 4.05. The highest BCUT2D eigenvalue weighted by Gasteiger charge is 2.39. The highest BCUT2D eigenvalue weighted by atomic mass is 32.1. The minimum atomic E-state index is -4.40. The standard InChI is InChI=1S/C16H17F3N4S/c1-20-15(21-8-14-23-13(9-24-14)16(17,18)19)22-12-7-11(12)10-5-3-2-4-6-10/h2-6,9,11-12H,7-8H2,1H3,(H2,20,21,22). The van der Waals surface area contributed by atoms with Gasteiger partial charge in [0.2, 0.25) is 0 Å². The molecule has 1 aliphatic rings. The van der Waals surface area contributed by atoms with Crippen molar-refractivity contribution in [3.63, 3.8) is 0 Å². The van der Waals surface area contributed by atoms with Crippen molar-refractivity contribution in [2.24, 2.45) is 4.99 Å². The third-order valence-electron chi connectivity index (χ3n) is 3.81. The Kier molecular flexibility index (Phi) is 4.75. The minimum absolute atomic E-state index is 0.211. The first kappa shape index (κ1) is 16.8. The summed E-state index contributed by atoms with van der Waals surface area (Å²) in [5.74, 6) is 1.02. The number of rotatable bonds is 4. The quantitative estimate of drug-likeness (QED) is 0.654. The summed E-state index contributed by atoms with van der Waals surface area (Å²) in [5.41, 5.74) is 0.429. The van der Waals surface area contributed by atoms with Crippen molar-refractivity contribution in [2.75, 3.05) is 7.05 Å². The van der Waals surface area contributed by atoms with Crippen LogP contribution in [0, 0.1) is 0 Å². The van der Waals surface area contributed by atoms with Crippen molar-refractivity contribution in [3.8, 4) is 0 Å². The Morgan fingerprint density at radius 3 is 2.71 bits per heavy atom. The molecule has 1 aliphatic carbocycles. The second-order valence-corrected chi connectivity index (χ2v) is 6.50. The highest BCUT2D eigenvalue weighted by Crippen LogP contribution is 2.40. The van der Waals surface area contributed by atoms with Gasteiger partial charge in [-0.3, -0.25) is 4.99 Å². The smallest absolute Gasteiger partial charge is 0.353 e. The first-order valence-electron chi connectivity index (χ1n) is 7.51. The Labute approximate surface area is 141 Å². The average Bonchev–Trinajstić information content (AvgIpc) is 3.15. The number of halogens is 3. The predicted molar refractivity (Wildman–Crippen MR) is 88.0 cm³/mol. The van der Waals surface area contributed by atoms with Gasteiger partial charge in [0.1, 0.15) is 5.01 Å². The zero-order chi connectivity index (χ0) is 17.2. The van der Waals surface area contributed by atoms with Crippen molar-refractivity contribution in [2.45, 2.75) is 31.1 Å². The molecule has 2 unspecified atom stereocenters. The summed E-state index contributed by atoms with van der Waals surface area (Å²) in [5, 5.41) is 7.71. The molecule has 4 nitrogen and oxygen atoms in total. The summed E-state index contributed by atoms with van der Waals surface area (Å²) in [6.07, 6.45) is -3.38. The Bertz CT molecular complexity index is 712. The molecule has 1 aromatic carbocycles. The maximum absolute atomic E-state index is 12.5. The molecule has 2 atom stereocenters. The average molecular weight is 354 g/mol. The van der Waals surface area contributed by atoms with Crippen LogP contribution < -0.4 is 10.6 Å². The number of guanidine groups is 1. The van der Waals surface area contributed by atoms with E-state index in [9.17, 15) is 13.2 Å². The van der Waals surface area contributed by atoms with Crippen LogP contribution in [0.3, 0.4) is 0 Å². The molecule has 0 spiro atoms. The second-order valence-electron chi connectivity index (χ2n) is 5.55. The molecule has 128 valence electrons. The first-order valence-corrected chi connectivity index (χ1v) is 8.39. The fourth-order valence-electron chi connectivity index (χ4n) is 2.48. The van der Waals surface area contributed by atoms with Crippen LogP contribution >= 0.6 is 11.3 Å².